The Kier molecular flexibility index (Phi) is 5.77. The highest BCUT2D eigenvalue weighted by atomic mass is 35.5. The van der Waals surface area contributed by atoms with E-state index in [0.29, 0.717) is 0 Å². The standard InChI is InChI=1S/C18H21ClFN/c1-3-10-21-18(12-14-5-7-15(19)8-6-14)16-9-4-13(2)11-17(16)20/h4-9,11,18,21H,3,10,12H2,1-2H3. The van der Waals surface area contributed by atoms with Crippen molar-refractivity contribution in [2.45, 2.75) is 32.7 Å². The molecule has 0 bridgehead atoms. The number of aryl methyl sites for hydroxylation is 1. The Bertz CT molecular complexity index is 580. The SMILES string of the molecule is CCCNC(Cc1ccc(Cl)cc1)c1ccc(C)cc1F. The van der Waals surface area contributed by atoms with Crippen molar-refractivity contribution in [3.05, 3.63) is 70.0 Å². The average molecular weight is 306 g/mol. The first-order valence-electron chi connectivity index (χ1n) is 7.34. The van der Waals surface area contributed by atoms with Crippen LogP contribution < -0.4 is 5.32 Å². The molecule has 0 aliphatic rings. The fourth-order valence-corrected chi connectivity index (χ4v) is 2.51. The molecule has 2 rings (SSSR count). The molecule has 1 nitrogen and oxygen atoms in total. The summed E-state index contributed by atoms with van der Waals surface area (Å²) in [5, 5.41) is 4.16. The van der Waals surface area contributed by atoms with Gasteiger partial charge in [0.05, 0.1) is 0 Å². The molecule has 2 aromatic rings. The van der Waals surface area contributed by atoms with Gasteiger partial charge in [-0.2, -0.15) is 0 Å². The molecule has 0 spiro atoms. The molecule has 21 heavy (non-hydrogen) atoms. The summed E-state index contributed by atoms with van der Waals surface area (Å²) >= 11 is 5.92. The molecular weight excluding hydrogens is 285 g/mol. The third-order valence-electron chi connectivity index (χ3n) is 3.53. The summed E-state index contributed by atoms with van der Waals surface area (Å²) in [5.41, 5.74) is 2.81. The molecule has 0 saturated heterocycles. The van der Waals surface area contributed by atoms with Gasteiger partial charge in [0.2, 0.25) is 0 Å². The van der Waals surface area contributed by atoms with Crippen molar-refractivity contribution in [1.82, 2.24) is 5.32 Å². The summed E-state index contributed by atoms with van der Waals surface area (Å²) in [7, 11) is 0. The van der Waals surface area contributed by atoms with Crippen LogP contribution in [0.4, 0.5) is 4.39 Å². The van der Waals surface area contributed by atoms with E-state index in [1.165, 1.54) is 0 Å². The van der Waals surface area contributed by atoms with Crippen molar-refractivity contribution < 1.29 is 4.39 Å². The lowest BCUT2D eigenvalue weighted by atomic mass is 9.97. The van der Waals surface area contributed by atoms with Crippen LogP contribution in [0.2, 0.25) is 5.02 Å². The molecule has 0 heterocycles. The second-order valence-electron chi connectivity index (χ2n) is 5.36. The first kappa shape index (κ1) is 16.0. The summed E-state index contributed by atoms with van der Waals surface area (Å²) in [6.07, 6.45) is 1.77. The van der Waals surface area contributed by atoms with Gasteiger partial charge in [-0.25, -0.2) is 4.39 Å². The van der Waals surface area contributed by atoms with Gasteiger partial charge in [0.15, 0.2) is 0 Å². The molecule has 1 N–H and O–H groups in total. The van der Waals surface area contributed by atoms with E-state index >= 15 is 0 Å². The summed E-state index contributed by atoms with van der Waals surface area (Å²) in [6.45, 7) is 4.88. The van der Waals surface area contributed by atoms with Gasteiger partial charge in [-0.05, 0) is 55.6 Å². The first-order chi connectivity index (χ1) is 10.1. The molecule has 2 aromatic carbocycles. The van der Waals surface area contributed by atoms with Gasteiger partial charge in [-0.15, -0.1) is 0 Å². The van der Waals surface area contributed by atoms with Crippen LogP contribution in [0.1, 0.15) is 36.1 Å². The van der Waals surface area contributed by atoms with Crippen molar-refractivity contribution in [1.29, 1.82) is 0 Å². The van der Waals surface area contributed by atoms with Gasteiger partial charge in [0.25, 0.3) is 0 Å². The van der Waals surface area contributed by atoms with Crippen molar-refractivity contribution in [2.24, 2.45) is 0 Å². The van der Waals surface area contributed by atoms with Gasteiger partial charge >= 0.3 is 0 Å². The molecule has 0 amide bonds. The van der Waals surface area contributed by atoms with Gasteiger partial charge in [0.1, 0.15) is 5.82 Å². The maximum Gasteiger partial charge on any atom is 0.128 e. The normalized spacial score (nSPS) is 12.4. The Labute approximate surface area is 131 Å². The van der Waals surface area contributed by atoms with E-state index in [9.17, 15) is 4.39 Å². The topological polar surface area (TPSA) is 12.0 Å². The molecule has 0 aliphatic carbocycles. The highest BCUT2D eigenvalue weighted by molar-refractivity contribution is 6.30. The highest BCUT2D eigenvalue weighted by Crippen LogP contribution is 2.23. The zero-order valence-electron chi connectivity index (χ0n) is 12.5. The number of rotatable bonds is 6. The minimum atomic E-state index is -0.141. The lowest BCUT2D eigenvalue weighted by Gasteiger charge is -2.20. The van der Waals surface area contributed by atoms with E-state index in [0.717, 1.165) is 41.1 Å². The summed E-state index contributed by atoms with van der Waals surface area (Å²) in [4.78, 5) is 0. The van der Waals surface area contributed by atoms with Gasteiger partial charge in [-0.1, -0.05) is 42.8 Å². The predicted octanol–water partition coefficient (Wildman–Crippen LogP) is 5.07. The van der Waals surface area contributed by atoms with Crippen molar-refractivity contribution >= 4 is 11.6 Å². The number of hydrogen-bond donors (Lipinski definition) is 1. The Balaban J connectivity index is 2.22. The fourth-order valence-electron chi connectivity index (χ4n) is 2.38. The van der Waals surface area contributed by atoms with Gasteiger partial charge in [0, 0.05) is 16.6 Å². The molecule has 0 saturated carbocycles. The van der Waals surface area contributed by atoms with Crippen LogP contribution >= 0.6 is 11.6 Å². The molecule has 1 unspecified atom stereocenters. The summed E-state index contributed by atoms with van der Waals surface area (Å²) in [6, 6.07) is 13.2. The Morgan fingerprint density at radius 3 is 2.48 bits per heavy atom. The minimum Gasteiger partial charge on any atom is -0.310 e. The summed E-state index contributed by atoms with van der Waals surface area (Å²) in [5.74, 6) is -0.141. The molecule has 0 radical (unpaired) electrons. The molecule has 1 atom stereocenters. The minimum absolute atomic E-state index is 0.0216. The van der Waals surface area contributed by atoms with E-state index in [1.54, 1.807) is 6.07 Å². The molecule has 112 valence electrons. The van der Waals surface area contributed by atoms with Crippen LogP contribution in [0.5, 0.6) is 0 Å². The molecule has 0 aliphatic heterocycles. The van der Waals surface area contributed by atoms with E-state index in [4.69, 9.17) is 11.6 Å². The molecular formula is C18H21ClFN. The van der Waals surface area contributed by atoms with E-state index in [2.05, 4.69) is 12.2 Å². The van der Waals surface area contributed by atoms with E-state index in [1.807, 2.05) is 43.3 Å². The zero-order valence-corrected chi connectivity index (χ0v) is 13.3. The molecule has 0 aromatic heterocycles. The lowest BCUT2D eigenvalue weighted by Crippen LogP contribution is -2.25. The van der Waals surface area contributed by atoms with E-state index in [-0.39, 0.29) is 11.9 Å². The maximum atomic E-state index is 14.2. The summed E-state index contributed by atoms with van der Waals surface area (Å²) < 4.78 is 14.2. The Morgan fingerprint density at radius 1 is 1.14 bits per heavy atom. The largest absolute Gasteiger partial charge is 0.310 e. The van der Waals surface area contributed by atoms with Crippen molar-refractivity contribution in [3.63, 3.8) is 0 Å². The third-order valence-corrected chi connectivity index (χ3v) is 3.78. The molecule has 0 fully saturated rings. The van der Waals surface area contributed by atoms with Crippen LogP contribution in [-0.4, -0.2) is 6.54 Å². The fraction of sp³-hybridized carbons (Fsp3) is 0.333. The smallest absolute Gasteiger partial charge is 0.128 e. The van der Waals surface area contributed by atoms with Crippen LogP contribution in [-0.2, 0) is 6.42 Å². The zero-order chi connectivity index (χ0) is 15.2. The number of benzene rings is 2. The Morgan fingerprint density at radius 2 is 1.86 bits per heavy atom. The average Bonchev–Trinajstić information content (AvgIpc) is 2.46. The Hall–Kier alpha value is -1.38. The second-order valence-corrected chi connectivity index (χ2v) is 5.80. The van der Waals surface area contributed by atoms with Crippen LogP contribution in [0, 0.1) is 12.7 Å². The number of hydrogen-bond acceptors (Lipinski definition) is 1. The lowest BCUT2D eigenvalue weighted by molar-refractivity contribution is 0.497. The predicted molar refractivity (Wildman–Crippen MR) is 87.3 cm³/mol. The number of nitrogens with one attached hydrogen (secondary N) is 1. The van der Waals surface area contributed by atoms with Crippen LogP contribution in [0.3, 0.4) is 0 Å². The first-order valence-corrected chi connectivity index (χ1v) is 7.72. The number of halogens is 2. The van der Waals surface area contributed by atoms with Crippen LogP contribution in [0.15, 0.2) is 42.5 Å². The van der Waals surface area contributed by atoms with Gasteiger partial charge in [-0.3, -0.25) is 0 Å². The van der Waals surface area contributed by atoms with E-state index < -0.39 is 0 Å². The second kappa shape index (κ2) is 7.58. The van der Waals surface area contributed by atoms with Crippen LogP contribution in [0.25, 0.3) is 0 Å². The quantitative estimate of drug-likeness (QED) is 0.785. The molecule has 3 heteroatoms. The monoisotopic (exact) mass is 305 g/mol. The maximum absolute atomic E-state index is 14.2. The van der Waals surface area contributed by atoms with Gasteiger partial charge < -0.3 is 5.32 Å². The van der Waals surface area contributed by atoms with Crippen molar-refractivity contribution in [2.75, 3.05) is 6.54 Å². The van der Waals surface area contributed by atoms with Crippen molar-refractivity contribution in [3.8, 4) is 0 Å². The third kappa shape index (κ3) is 4.55. The highest BCUT2D eigenvalue weighted by Gasteiger charge is 2.15.